The number of phenols is 1. The second kappa shape index (κ2) is 6.80. The molecule has 1 heterocycles. The summed E-state index contributed by atoms with van der Waals surface area (Å²) in [6.45, 7) is 6.07. The molecule has 5 heteroatoms. The Morgan fingerprint density at radius 1 is 1.32 bits per heavy atom. The number of benzene rings is 1. The predicted molar refractivity (Wildman–Crippen MR) is 80.2 cm³/mol. The van der Waals surface area contributed by atoms with Crippen LogP contribution in [-0.2, 0) is 0 Å². The monoisotopic (exact) mass is 302 g/mol. The Morgan fingerprint density at radius 2 is 2.00 bits per heavy atom. The van der Waals surface area contributed by atoms with Gasteiger partial charge in [-0.1, -0.05) is 36.5 Å². The van der Waals surface area contributed by atoms with Crippen LogP contribution in [0.3, 0.4) is 0 Å². The molecule has 1 aliphatic rings. The van der Waals surface area contributed by atoms with E-state index in [1.807, 2.05) is 6.07 Å². The van der Waals surface area contributed by atoms with Crippen molar-refractivity contribution >= 4 is 23.2 Å². The number of rotatable bonds is 4. The van der Waals surface area contributed by atoms with E-state index in [1.165, 1.54) is 0 Å². The minimum Gasteiger partial charge on any atom is -0.506 e. The first-order valence-corrected chi connectivity index (χ1v) is 7.51. The molecule has 1 aromatic rings. The van der Waals surface area contributed by atoms with Crippen LogP contribution < -0.4 is 5.32 Å². The summed E-state index contributed by atoms with van der Waals surface area (Å²) in [7, 11) is 0. The van der Waals surface area contributed by atoms with E-state index in [0.29, 0.717) is 10.0 Å². The van der Waals surface area contributed by atoms with Gasteiger partial charge in [-0.3, -0.25) is 4.90 Å². The fourth-order valence-corrected chi connectivity index (χ4v) is 3.15. The maximum Gasteiger partial charge on any atom is 0.139 e. The molecule has 0 aromatic heterocycles. The van der Waals surface area contributed by atoms with Crippen molar-refractivity contribution in [2.45, 2.75) is 25.8 Å². The number of nitrogens with zero attached hydrogens (tertiary/aromatic N) is 1. The second-order valence-corrected chi connectivity index (χ2v) is 5.76. The summed E-state index contributed by atoms with van der Waals surface area (Å²) < 4.78 is 0. The number of halogens is 2. The van der Waals surface area contributed by atoms with Gasteiger partial charge in [0.2, 0.25) is 0 Å². The van der Waals surface area contributed by atoms with Crippen molar-refractivity contribution in [2.24, 2.45) is 0 Å². The third kappa shape index (κ3) is 3.54. The van der Waals surface area contributed by atoms with Gasteiger partial charge in [0.25, 0.3) is 0 Å². The van der Waals surface area contributed by atoms with E-state index in [4.69, 9.17) is 23.2 Å². The summed E-state index contributed by atoms with van der Waals surface area (Å²) in [6, 6.07) is 3.61. The molecule has 2 N–H and O–H groups in total. The van der Waals surface area contributed by atoms with E-state index >= 15 is 0 Å². The SMILES string of the molecule is CCC[C@H](c1cc(Cl)cc(Cl)c1O)N1CCNCC1. The minimum absolute atomic E-state index is 0.169. The average Bonchev–Trinajstić information content (AvgIpc) is 2.41. The topological polar surface area (TPSA) is 35.5 Å². The van der Waals surface area contributed by atoms with Crippen LogP contribution in [-0.4, -0.2) is 36.2 Å². The zero-order valence-corrected chi connectivity index (χ0v) is 12.6. The lowest BCUT2D eigenvalue weighted by atomic mass is 9.99. The van der Waals surface area contributed by atoms with Crippen molar-refractivity contribution in [3.05, 3.63) is 27.7 Å². The van der Waals surface area contributed by atoms with Crippen LogP contribution in [0.1, 0.15) is 31.4 Å². The molecular formula is C14H20Cl2N2O. The van der Waals surface area contributed by atoms with Gasteiger partial charge in [-0.2, -0.15) is 0 Å². The molecular weight excluding hydrogens is 283 g/mol. The molecule has 0 bridgehead atoms. The molecule has 1 atom stereocenters. The zero-order chi connectivity index (χ0) is 13.8. The lowest BCUT2D eigenvalue weighted by Crippen LogP contribution is -2.45. The molecule has 106 valence electrons. The third-order valence-corrected chi connectivity index (χ3v) is 4.08. The summed E-state index contributed by atoms with van der Waals surface area (Å²) in [5.41, 5.74) is 0.848. The largest absolute Gasteiger partial charge is 0.506 e. The molecule has 3 nitrogen and oxygen atoms in total. The van der Waals surface area contributed by atoms with Gasteiger partial charge in [0, 0.05) is 42.8 Å². The highest BCUT2D eigenvalue weighted by Gasteiger charge is 2.25. The number of phenolic OH excluding ortho intramolecular Hbond substituents is 1. The molecule has 0 unspecified atom stereocenters. The fraction of sp³-hybridized carbons (Fsp3) is 0.571. The summed E-state index contributed by atoms with van der Waals surface area (Å²) in [5.74, 6) is 0.169. The lowest BCUT2D eigenvalue weighted by molar-refractivity contribution is 0.162. The summed E-state index contributed by atoms with van der Waals surface area (Å²) >= 11 is 12.1. The number of aromatic hydroxyl groups is 1. The van der Waals surface area contributed by atoms with Gasteiger partial charge >= 0.3 is 0 Å². The van der Waals surface area contributed by atoms with Crippen molar-refractivity contribution in [3.8, 4) is 5.75 Å². The van der Waals surface area contributed by atoms with Crippen molar-refractivity contribution in [2.75, 3.05) is 26.2 Å². The van der Waals surface area contributed by atoms with E-state index in [-0.39, 0.29) is 11.8 Å². The Kier molecular flexibility index (Phi) is 5.34. The lowest BCUT2D eigenvalue weighted by Gasteiger charge is -2.35. The predicted octanol–water partition coefficient (Wildman–Crippen LogP) is 3.45. The first-order chi connectivity index (χ1) is 9.13. The van der Waals surface area contributed by atoms with Crippen LogP contribution in [0.25, 0.3) is 0 Å². The van der Waals surface area contributed by atoms with Crippen molar-refractivity contribution in [3.63, 3.8) is 0 Å². The van der Waals surface area contributed by atoms with E-state index in [0.717, 1.165) is 44.6 Å². The maximum atomic E-state index is 10.2. The van der Waals surface area contributed by atoms with E-state index in [9.17, 15) is 5.11 Å². The molecule has 0 spiro atoms. The molecule has 0 radical (unpaired) electrons. The Balaban J connectivity index is 2.32. The molecule has 0 saturated carbocycles. The van der Waals surface area contributed by atoms with Gasteiger partial charge in [-0.15, -0.1) is 0 Å². The Morgan fingerprint density at radius 3 is 2.63 bits per heavy atom. The average molecular weight is 303 g/mol. The van der Waals surface area contributed by atoms with Gasteiger partial charge in [0.1, 0.15) is 5.75 Å². The summed E-state index contributed by atoms with van der Waals surface area (Å²) in [6.07, 6.45) is 2.04. The van der Waals surface area contributed by atoms with Crippen molar-refractivity contribution < 1.29 is 5.11 Å². The normalized spacial score (nSPS) is 18.5. The number of hydrogen-bond donors (Lipinski definition) is 2. The van der Waals surface area contributed by atoms with Gasteiger partial charge in [-0.25, -0.2) is 0 Å². The second-order valence-electron chi connectivity index (χ2n) is 4.92. The maximum absolute atomic E-state index is 10.2. The highest BCUT2D eigenvalue weighted by Crippen LogP contribution is 2.39. The van der Waals surface area contributed by atoms with E-state index < -0.39 is 0 Å². The molecule has 0 amide bonds. The smallest absolute Gasteiger partial charge is 0.139 e. The van der Waals surface area contributed by atoms with E-state index in [1.54, 1.807) is 6.07 Å². The van der Waals surface area contributed by atoms with Gasteiger partial charge < -0.3 is 10.4 Å². The van der Waals surface area contributed by atoms with Crippen molar-refractivity contribution in [1.82, 2.24) is 10.2 Å². The van der Waals surface area contributed by atoms with E-state index in [2.05, 4.69) is 17.1 Å². The standard InChI is InChI=1S/C14H20Cl2N2O/c1-2-3-13(18-6-4-17-5-7-18)11-8-10(15)9-12(16)14(11)19/h8-9,13,17,19H,2-7H2,1H3/t13-/m1/s1. The van der Waals surface area contributed by atoms with Gasteiger partial charge in [-0.05, 0) is 18.6 Å². The molecule has 2 rings (SSSR count). The van der Waals surface area contributed by atoms with Crippen LogP contribution >= 0.6 is 23.2 Å². The Bertz CT molecular complexity index is 434. The highest BCUT2D eigenvalue weighted by molar-refractivity contribution is 6.35. The fourth-order valence-electron chi connectivity index (χ4n) is 2.64. The summed E-state index contributed by atoms with van der Waals surface area (Å²) in [5, 5.41) is 14.5. The molecule has 1 saturated heterocycles. The highest BCUT2D eigenvalue weighted by atomic mass is 35.5. The third-order valence-electron chi connectivity index (χ3n) is 3.57. The van der Waals surface area contributed by atoms with Crippen molar-refractivity contribution in [1.29, 1.82) is 0 Å². The molecule has 1 aliphatic heterocycles. The minimum atomic E-state index is 0.169. The number of nitrogens with one attached hydrogen (secondary N) is 1. The first-order valence-electron chi connectivity index (χ1n) is 6.76. The number of piperazine rings is 1. The van der Waals surface area contributed by atoms with Gasteiger partial charge in [0.05, 0.1) is 5.02 Å². The Labute approximate surface area is 124 Å². The Hall–Kier alpha value is -0.480. The van der Waals surface area contributed by atoms with Gasteiger partial charge in [0.15, 0.2) is 0 Å². The van der Waals surface area contributed by atoms with Crippen LogP contribution in [0.2, 0.25) is 10.0 Å². The molecule has 19 heavy (non-hydrogen) atoms. The van der Waals surface area contributed by atoms with Crippen LogP contribution in [0, 0.1) is 0 Å². The quantitative estimate of drug-likeness (QED) is 0.894. The summed E-state index contributed by atoms with van der Waals surface area (Å²) in [4.78, 5) is 2.39. The molecule has 0 aliphatic carbocycles. The molecule has 1 aromatic carbocycles. The first kappa shape index (κ1) is 14.9. The van der Waals surface area contributed by atoms with Crippen LogP contribution in [0.15, 0.2) is 12.1 Å². The van der Waals surface area contributed by atoms with Crippen LogP contribution in [0.5, 0.6) is 5.75 Å². The number of hydrogen-bond acceptors (Lipinski definition) is 3. The van der Waals surface area contributed by atoms with Crippen LogP contribution in [0.4, 0.5) is 0 Å². The zero-order valence-electron chi connectivity index (χ0n) is 11.1. The molecule has 1 fully saturated rings.